The van der Waals surface area contributed by atoms with Gasteiger partial charge in [0, 0.05) is 65.5 Å². The van der Waals surface area contributed by atoms with Crippen LogP contribution in [0.5, 0.6) is 0 Å². The number of aryl methyl sites for hydroxylation is 2. The van der Waals surface area contributed by atoms with Gasteiger partial charge >= 0.3 is 0 Å². The predicted octanol–water partition coefficient (Wildman–Crippen LogP) is 5.05. The van der Waals surface area contributed by atoms with Gasteiger partial charge in [0.1, 0.15) is 0 Å². The Morgan fingerprint density at radius 1 is 1.21 bits per heavy atom. The summed E-state index contributed by atoms with van der Waals surface area (Å²) in [4.78, 5) is 36.2. The lowest BCUT2D eigenvalue weighted by Gasteiger charge is -2.47. The first-order valence-corrected chi connectivity index (χ1v) is 15.3. The molecule has 0 spiro atoms. The van der Waals surface area contributed by atoms with Crippen molar-refractivity contribution < 1.29 is 4.79 Å². The molecule has 210 valence electrons. The van der Waals surface area contributed by atoms with Gasteiger partial charge in [-0.15, -0.1) is 11.3 Å². The number of pyridine rings is 1. The molecular formula is C31H43N5O2S. The zero-order chi connectivity index (χ0) is 27.8. The van der Waals surface area contributed by atoms with Crippen LogP contribution in [-0.2, 0) is 13.0 Å². The zero-order valence-corrected chi connectivity index (χ0v) is 24.8. The van der Waals surface area contributed by atoms with Gasteiger partial charge in [0.25, 0.3) is 11.5 Å². The lowest BCUT2D eigenvalue weighted by molar-refractivity contribution is 0.0501. The van der Waals surface area contributed by atoms with E-state index in [1.165, 1.54) is 47.2 Å². The number of carbonyl (C=O) groups excluding carboxylic acids is 1. The molecule has 4 heterocycles. The van der Waals surface area contributed by atoms with E-state index in [2.05, 4.69) is 29.0 Å². The average molecular weight is 550 g/mol. The third-order valence-corrected chi connectivity index (χ3v) is 10.8. The van der Waals surface area contributed by atoms with E-state index in [-0.39, 0.29) is 11.5 Å². The molecule has 3 N–H and O–H groups in total. The van der Waals surface area contributed by atoms with Crippen LogP contribution in [0.3, 0.4) is 0 Å². The van der Waals surface area contributed by atoms with E-state index in [1.807, 2.05) is 49.3 Å². The number of hydrogen-bond acceptors (Lipinski definition) is 6. The Morgan fingerprint density at radius 3 is 2.59 bits per heavy atom. The van der Waals surface area contributed by atoms with Crippen molar-refractivity contribution in [2.24, 2.45) is 5.92 Å². The maximum absolute atomic E-state index is 13.6. The largest absolute Gasteiger partial charge is 0.385 e. The van der Waals surface area contributed by atoms with Crippen LogP contribution in [0.2, 0.25) is 0 Å². The van der Waals surface area contributed by atoms with Crippen molar-refractivity contribution in [1.29, 1.82) is 5.41 Å². The number of nitrogens with zero attached hydrogens (tertiary/aromatic N) is 2. The van der Waals surface area contributed by atoms with Crippen molar-refractivity contribution in [2.75, 3.05) is 19.6 Å². The normalized spacial score (nSPS) is 23.4. The monoisotopic (exact) mass is 549 g/mol. The summed E-state index contributed by atoms with van der Waals surface area (Å²) in [6.45, 7) is 13.5. The quantitative estimate of drug-likeness (QED) is 0.402. The minimum atomic E-state index is -0.0854. The summed E-state index contributed by atoms with van der Waals surface area (Å²) in [6, 6.07) is 3.17. The molecule has 2 aromatic heterocycles. The molecule has 5 rings (SSSR count). The molecule has 0 radical (unpaired) electrons. The molecule has 0 aromatic carbocycles. The molecule has 1 aliphatic carbocycles. The van der Waals surface area contributed by atoms with Crippen LogP contribution < -0.4 is 10.9 Å². The minimum Gasteiger partial charge on any atom is -0.385 e. The summed E-state index contributed by atoms with van der Waals surface area (Å²) in [5.41, 5.74) is 5.42. The van der Waals surface area contributed by atoms with Gasteiger partial charge in [0.05, 0.1) is 18.2 Å². The fourth-order valence-electron chi connectivity index (χ4n) is 6.79. The minimum absolute atomic E-state index is 0.0816. The molecule has 8 heteroatoms. The maximum Gasteiger partial charge on any atom is 0.255 e. The number of allylic oxidation sites excluding steroid dienone is 1. The number of aromatic amines is 1. The van der Waals surface area contributed by atoms with Crippen LogP contribution in [-0.4, -0.2) is 58.6 Å². The van der Waals surface area contributed by atoms with E-state index in [0.29, 0.717) is 42.6 Å². The standard InChI is InChI=1S/C31H43N5O2S/c1-18(13-32)14-33-24-15-36(16-24)25-8-6-23(7-9-25)21(4)29-22(5)28-27(39-29)10-11-35(31(28)38)17-26-19(2)12-20(3)34-30(26)37/h12-14,21,23-25,32-33H,6-11,15-17H2,1-5H3,(H,34,37)/b18-14-,32-13?/t21-,23?,25?/m1/s1. The SMILES string of the molecule is C/C(C=N)=C/NC1CN(C2CCC([C@@H](C)c3sc4c(c3C)C(=O)N(Cc3c(C)cc(C)[nH]c3=O)CC4)CC2)C1. The van der Waals surface area contributed by atoms with Gasteiger partial charge < -0.3 is 20.6 Å². The van der Waals surface area contributed by atoms with Gasteiger partial charge in [-0.1, -0.05) is 6.92 Å². The van der Waals surface area contributed by atoms with Gasteiger partial charge in [-0.25, -0.2) is 0 Å². The summed E-state index contributed by atoms with van der Waals surface area (Å²) >= 11 is 1.86. The van der Waals surface area contributed by atoms with E-state index < -0.39 is 0 Å². The topological polar surface area (TPSA) is 92.3 Å². The predicted molar refractivity (Wildman–Crippen MR) is 159 cm³/mol. The zero-order valence-electron chi connectivity index (χ0n) is 24.0. The highest BCUT2D eigenvalue weighted by Crippen LogP contribution is 2.44. The first-order chi connectivity index (χ1) is 18.7. The average Bonchev–Trinajstić information content (AvgIpc) is 3.23. The van der Waals surface area contributed by atoms with Crippen molar-refractivity contribution in [3.05, 3.63) is 65.9 Å². The molecule has 1 atom stereocenters. The summed E-state index contributed by atoms with van der Waals surface area (Å²) in [6.07, 6.45) is 9.20. The van der Waals surface area contributed by atoms with Gasteiger partial charge in [0.2, 0.25) is 0 Å². The van der Waals surface area contributed by atoms with Crippen molar-refractivity contribution >= 4 is 23.5 Å². The second kappa shape index (κ2) is 11.4. The van der Waals surface area contributed by atoms with E-state index >= 15 is 0 Å². The third kappa shape index (κ3) is 5.64. The number of nitrogens with one attached hydrogen (secondary N) is 3. The Hall–Kier alpha value is -2.71. The Morgan fingerprint density at radius 2 is 1.92 bits per heavy atom. The summed E-state index contributed by atoms with van der Waals surface area (Å²) in [7, 11) is 0. The van der Waals surface area contributed by atoms with E-state index in [4.69, 9.17) is 5.41 Å². The number of amides is 1. The van der Waals surface area contributed by atoms with Crippen molar-refractivity contribution in [3.63, 3.8) is 0 Å². The third-order valence-electron chi connectivity index (χ3n) is 9.27. The fourth-order valence-corrected chi connectivity index (χ4v) is 8.22. The molecule has 2 fully saturated rings. The summed E-state index contributed by atoms with van der Waals surface area (Å²) < 4.78 is 0. The van der Waals surface area contributed by atoms with Crippen LogP contribution in [0.1, 0.15) is 87.9 Å². The smallest absolute Gasteiger partial charge is 0.255 e. The van der Waals surface area contributed by atoms with Crippen molar-refractivity contribution in [1.82, 2.24) is 20.1 Å². The number of thiophene rings is 1. The second-order valence-corrected chi connectivity index (χ2v) is 13.2. The molecule has 1 saturated carbocycles. The number of fused-ring (bicyclic) bond motifs is 1. The molecule has 0 unspecified atom stereocenters. The van der Waals surface area contributed by atoms with Crippen LogP contribution >= 0.6 is 11.3 Å². The molecule has 2 aromatic rings. The van der Waals surface area contributed by atoms with Gasteiger partial charge in [-0.2, -0.15) is 0 Å². The lowest BCUT2D eigenvalue weighted by atomic mass is 9.76. The Labute approximate surface area is 236 Å². The first-order valence-electron chi connectivity index (χ1n) is 14.4. The summed E-state index contributed by atoms with van der Waals surface area (Å²) in [5.74, 6) is 1.21. The number of H-pyrrole nitrogens is 1. The Balaban J connectivity index is 1.19. The lowest BCUT2D eigenvalue weighted by Crippen LogP contribution is -2.60. The Bertz CT molecular complexity index is 1330. The molecule has 7 nitrogen and oxygen atoms in total. The van der Waals surface area contributed by atoms with Crippen LogP contribution in [0.4, 0.5) is 0 Å². The molecule has 39 heavy (non-hydrogen) atoms. The van der Waals surface area contributed by atoms with Gasteiger partial charge in [-0.3, -0.25) is 14.5 Å². The molecular weight excluding hydrogens is 506 g/mol. The number of aromatic nitrogens is 1. The highest BCUT2D eigenvalue weighted by atomic mass is 32.1. The molecule has 3 aliphatic rings. The van der Waals surface area contributed by atoms with E-state index in [1.54, 1.807) is 0 Å². The molecule has 2 aliphatic heterocycles. The Kier molecular flexibility index (Phi) is 8.15. The second-order valence-electron chi connectivity index (χ2n) is 12.0. The molecule has 0 bridgehead atoms. The highest BCUT2D eigenvalue weighted by molar-refractivity contribution is 7.12. The maximum atomic E-state index is 13.6. The first kappa shape index (κ1) is 27.8. The number of carbonyl (C=O) groups is 1. The summed E-state index contributed by atoms with van der Waals surface area (Å²) in [5, 5.41) is 10.7. The van der Waals surface area contributed by atoms with Crippen molar-refractivity contribution in [2.45, 2.75) is 91.3 Å². The van der Waals surface area contributed by atoms with Crippen LogP contribution in [0, 0.1) is 32.1 Å². The van der Waals surface area contributed by atoms with Crippen molar-refractivity contribution in [3.8, 4) is 0 Å². The van der Waals surface area contributed by atoms with Crippen LogP contribution in [0.15, 0.2) is 22.6 Å². The van der Waals surface area contributed by atoms with Gasteiger partial charge in [-0.05, 0) is 88.0 Å². The fraction of sp³-hybridized carbons (Fsp3) is 0.581. The number of likely N-dealkylation sites (tertiary alicyclic amines) is 1. The van der Waals surface area contributed by atoms with E-state index in [0.717, 1.165) is 41.9 Å². The molecule has 1 amide bonds. The van der Waals surface area contributed by atoms with E-state index in [9.17, 15) is 9.59 Å². The number of rotatable bonds is 8. The highest BCUT2D eigenvalue weighted by Gasteiger charge is 2.37. The van der Waals surface area contributed by atoms with Crippen LogP contribution in [0.25, 0.3) is 0 Å². The molecule has 1 saturated heterocycles. The van der Waals surface area contributed by atoms with Gasteiger partial charge in [0.15, 0.2) is 0 Å². The number of hydrogen-bond donors (Lipinski definition) is 3.